The Bertz CT molecular complexity index is 510. The Morgan fingerprint density at radius 1 is 1.33 bits per heavy atom. The van der Waals surface area contributed by atoms with Crippen LogP contribution in [-0.2, 0) is 0 Å². The van der Waals surface area contributed by atoms with Crippen LogP contribution in [0.25, 0.3) is 0 Å². The molecule has 3 atom stereocenters. The molecule has 1 aliphatic rings. The van der Waals surface area contributed by atoms with Crippen molar-refractivity contribution in [3.05, 3.63) is 29.3 Å². The highest BCUT2D eigenvalue weighted by atomic mass is 16.4. The fraction of sp³-hybridized carbons (Fsp3) is 0.611. The third kappa shape index (κ3) is 3.78. The number of rotatable bonds is 4. The highest BCUT2D eigenvalue weighted by Crippen LogP contribution is 2.35. The molecule has 2 rings (SSSR count). The van der Waals surface area contributed by atoms with Gasteiger partial charge in [0.2, 0.25) is 0 Å². The fourth-order valence-electron chi connectivity index (χ4n) is 3.53. The Morgan fingerprint density at radius 2 is 2.05 bits per heavy atom. The van der Waals surface area contributed by atoms with Crippen LogP contribution in [0.5, 0.6) is 0 Å². The molecular formula is C18H27NO2. The zero-order valence-electron chi connectivity index (χ0n) is 13.5. The van der Waals surface area contributed by atoms with Gasteiger partial charge in [-0.15, -0.1) is 0 Å². The standard InChI is InChI=1S/C18H27NO2/c1-11(2)15-7-5-12(3)9-17(15)19-16-8-6-14(18(20)21)10-13(16)4/h6,8,10-12,15,17,19H,5,7,9H2,1-4H3,(H,20,21). The predicted octanol–water partition coefficient (Wildman–Crippen LogP) is 4.57. The smallest absolute Gasteiger partial charge is 0.335 e. The lowest BCUT2D eigenvalue weighted by Gasteiger charge is -2.38. The van der Waals surface area contributed by atoms with E-state index in [1.54, 1.807) is 12.1 Å². The molecule has 0 bridgehead atoms. The highest BCUT2D eigenvalue weighted by molar-refractivity contribution is 5.88. The van der Waals surface area contributed by atoms with Crippen LogP contribution in [0.3, 0.4) is 0 Å². The normalized spacial score (nSPS) is 25.9. The van der Waals surface area contributed by atoms with Gasteiger partial charge in [0, 0.05) is 11.7 Å². The van der Waals surface area contributed by atoms with E-state index in [0.717, 1.165) is 17.2 Å². The number of hydrogen-bond donors (Lipinski definition) is 2. The molecule has 0 amide bonds. The third-order valence-corrected chi connectivity index (χ3v) is 4.84. The topological polar surface area (TPSA) is 49.3 Å². The number of carbonyl (C=O) groups is 1. The van der Waals surface area contributed by atoms with Crippen molar-refractivity contribution < 1.29 is 9.90 Å². The van der Waals surface area contributed by atoms with Gasteiger partial charge in [-0.25, -0.2) is 4.79 Å². The number of nitrogens with one attached hydrogen (secondary N) is 1. The molecule has 1 aromatic carbocycles. The molecule has 1 aromatic rings. The molecule has 0 spiro atoms. The monoisotopic (exact) mass is 289 g/mol. The summed E-state index contributed by atoms with van der Waals surface area (Å²) in [5.74, 6) is 1.26. The maximum absolute atomic E-state index is 11.0. The first-order valence-electron chi connectivity index (χ1n) is 7.99. The molecule has 21 heavy (non-hydrogen) atoms. The van der Waals surface area contributed by atoms with Crippen LogP contribution in [0.1, 0.15) is 56.0 Å². The van der Waals surface area contributed by atoms with Crippen molar-refractivity contribution in [2.75, 3.05) is 5.32 Å². The second kappa shape index (κ2) is 6.50. The van der Waals surface area contributed by atoms with E-state index >= 15 is 0 Å². The van der Waals surface area contributed by atoms with Gasteiger partial charge in [-0.05, 0) is 61.3 Å². The van der Waals surface area contributed by atoms with Gasteiger partial charge in [0.05, 0.1) is 5.56 Å². The largest absolute Gasteiger partial charge is 0.478 e. The average Bonchev–Trinajstić information content (AvgIpc) is 2.40. The van der Waals surface area contributed by atoms with Gasteiger partial charge in [-0.1, -0.05) is 27.2 Å². The van der Waals surface area contributed by atoms with Crippen molar-refractivity contribution in [2.24, 2.45) is 17.8 Å². The Morgan fingerprint density at radius 3 is 2.62 bits per heavy atom. The van der Waals surface area contributed by atoms with Crippen molar-refractivity contribution in [1.82, 2.24) is 0 Å². The molecular weight excluding hydrogens is 262 g/mol. The summed E-state index contributed by atoms with van der Waals surface area (Å²) in [7, 11) is 0. The molecule has 1 aliphatic carbocycles. The van der Waals surface area contributed by atoms with Crippen molar-refractivity contribution in [3.8, 4) is 0 Å². The molecule has 3 nitrogen and oxygen atoms in total. The summed E-state index contributed by atoms with van der Waals surface area (Å²) >= 11 is 0. The number of aromatic carboxylic acids is 1. The lowest BCUT2D eigenvalue weighted by molar-refractivity contribution is 0.0697. The van der Waals surface area contributed by atoms with Crippen molar-refractivity contribution in [1.29, 1.82) is 0 Å². The molecule has 0 aromatic heterocycles. The first kappa shape index (κ1) is 15.9. The van der Waals surface area contributed by atoms with Gasteiger partial charge < -0.3 is 10.4 Å². The van der Waals surface area contributed by atoms with Crippen LogP contribution in [0.15, 0.2) is 18.2 Å². The lowest BCUT2D eigenvalue weighted by atomic mass is 9.74. The van der Waals surface area contributed by atoms with Gasteiger partial charge in [-0.2, -0.15) is 0 Å². The quantitative estimate of drug-likeness (QED) is 0.854. The van der Waals surface area contributed by atoms with Crippen molar-refractivity contribution in [2.45, 2.75) is 53.0 Å². The van der Waals surface area contributed by atoms with Crippen LogP contribution >= 0.6 is 0 Å². The second-order valence-electron chi connectivity index (χ2n) is 6.91. The molecule has 0 heterocycles. The molecule has 0 saturated heterocycles. The number of benzene rings is 1. The number of carboxylic acids is 1. The Hall–Kier alpha value is -1.51. The molecule has 0 aliphatic heterocycles. The Labute approximate surface area is 127 Å². The summed E-state index contributed by atoms with van der Waals surface area (Å²) in [5, 5.41) is 12.7. The minimum atomic E-state index is -0.865. The molecule has 1 fully saturated rings. The summed E-state index contributed by atoms with van der Waals surface area (Å²) in [6.07, 6.45) is 3.80. The molecule has 0 radical (unpaired) electrons. The average molecular weight is 289 g/mol. The lowest BCUT2D eigenvalue weighted by Crippen LogP contribution is -2.38. The van der Waals surface area contributed by atoms with Crippen LogP contribution in [-0.4, -0.2) is 17.1 Å². The molecule has 1 saturated carbocycles. The number of anilines is 1. The minimum Gasteiger partial charge on any atom is -0.478 e. The van der Waals surface area contributed by atoms with Gasteiger partial charge in [0.15, 0.2) is 0 Å². The van der Waals surface area contributed by atoms with Gasteiger partial charge in [-0.3, -0.25) is 0 Å². The molecule has 2 N–H and O–H groups in total. The third-order valence-electron chi connectivity index (χ3n) is 4.84. The van der Waals surface area contributed by atoms with E-state index in [9.17, 15) is 4.79 Å². The van der Waals surface area contributed by atoms with E-state index in [1.807, 2.05) is 13.0 Å². The van der Waals surface area contributed by atoms with Gasteiger partial charge >= 0.3 is 5.97 Å². The summed E-state index contributed by atoms with van der Waals surface area (Å²) < 4.78 is 0. The van der Waals surface area contributed by atoms with Crippen LogP contribution < -0.4 is 5.32 Å². The van der Waals surface area contributed by atoms with E-state index in [2.05, 4.69) is 26.1 Å². The summed E-state index contributed by atoms with van der Waals surface area (Å²) in [4.78, 5) is 11.0. The van der Waals surface area contributed by atoms with Crippen LogP contribution in [0, 0.1) is 24.7 Å². The van der Waals surface area contributed by atoms with E-state index in [-0.39, 0.29) is 0 Å². The Balaban J connectivity index is 2.16. The SMILES string of the molecule is Cc1cc(C(=O)O)ccc1NC1CC(C)CCC1C(C)C. The van der Waals surface area contributed by atoms with Crippen molar-refractivity contribution >= 4 is 11.7 Å². The van der Waals surface area contributed by atoms with Crippen LogP contribution in [0.4, 0.5) is 5.69 Å². The fourth-order valence-corrected chi connectivity index (χ4v) is 3.53. The second-order valence-corrected chi connectivity index (χ2v) is 6.91. The molecule has 116 valence electrons. The summed E-state index contributed by atoms with van der Waals surface area (Å²) in [6, 6.07) is 5.84. The minimum absolute atomic E-state index is 0.357. The van der Waals surface area contributed by atoms with Crippen LogP contribution in [0.2, 0.25) is 0 Å². The zero-order chi connectivity index (χ0) is 15.6. The zero-order valence-corrected chi connectivity index (χ0v) is 13.5. The summed E-state index contributed by atoms with van der Waals surface area (Å²) in [6.45, 7) is 8.91. The van der Waals surface area contributed by atoms with Gasteiger partial charge in [0.25, 0.3) is 0 Å². The highest BCUT2D eigenvalue weighted by Gasteiger charge is 2.30. The van der Waals surface area contributed by atoms with Crippen molar-refractivity contribution in [3.63, 3.8) is 0 Å². The molecule has 3 heteroatoms. The van der Waals surface area contributed by atoms with E-state index in [0.29, 0.717) is 23.4 Å². The first-order chi connectivity index (χ1) is 9.88. The Kier molecular flexibility index (Phi) is 4.92. The van der Waals surface area contributed by atoms with Gasteiger partial charge in [0.1, 0.15) is 0 Å². The summed E-state index contributed by atoms with van der Waals surface area (Å²) in [5.41, 5.74) is 2.44. The predicted molar refractivity (Wildman–Crippen MR) is 86.9 cm³/mol. The van der Waals surface area contributed by atoms with E-state index < -0.39 is 5.97 Å². The maximum atomic E-state index is 11.0. The number of aryl methyl sites for hydroxylation is 1. The maximum Gasteiger partial charge on any atom is 0.335 e. The molecule has 3 unspecified atom stereocenters. The van der Waals surface area contributed by atoms with E-state index in [4.69, 9.17) is 5.11 Å². The number of hydrogen-bond acceptors (Lipinski definition) is 2. The van der Waals surface area contributed by atoms with E-state index in [1.165, 1.54) is 19.3 Å². The number of carboxylic acid groups (broad SMARTS) is 1. The first-order valence-corrected chi connectivity index (χ1v) is 7.99.